The second-order valence-electron chi connectivity index (χ2n) is 9.97. The van der Waals surface area contributed by atoms with Crippen LogP contribution >= 0.6 is 46.5 Å². The number of hydrogen-bond acceptors (Lipinski definition) is 9. The molecule has 0 aliphatic carbocycles. The van der Waals surface area contributed by atoms with Gasteiger partial charge in [-0.05, 0) is 67.1 Å². The van der Waals surface area contributed by atoms with Crippen molar-refractivity contribution >= 4 is 79.9 Å². The minimum Gasteiger partial charge on any atom is -0.486 e. The van der Waals surface area contributed by atoms with Gasteiger partial charge in [0.2, 0.25) is 11.8 Å². The average Bonchev–Trinajstić information content (AvgIpc) is 3.68. The molecule has 0 aliphatic heterocycles. The fourth-order valence-electron chi connectivity index (χ4n) is 4.35. The number of fused-ring (bicyclic) bond motifs is 1. The number of nitrogens with zero attached hydrogens (tertiary/aromatic N) is 4. The SMILES string of the molecule is Cc1ccc(NC(=O)CSc2nc3ccc(NC(=O)CSc4nnc(COc5ccccc5)n4-c4ccccc4)cc3s2)cc1Cl. The van der Waals surface area contributed by atoms with Crippen molar-refractivity contribution in [3.05, 3.63) is 113 Å². The highest BCUT2D eigenvalue weighted by Crippen LogP contribution is 2.32. The molecule has 0 saturated heterocycles. The van der Waals surface area contributed by atoms with E-state index in [0.717, 1.165) is 31.6 Å². The maximum atomic E-state index is 13.0. The molecular formula is C33H27ClN6O3S3. The Hall–Kier alpha value is -4.36. The first-order valence-electron chi connectivity index (χ1n) is 14.1. The van der Waals surface area contributed by atoms with E-state index in [2.05, 4.69) is 25.8 Å². The second-order valence-corrected chi connectivity index (χ2v) is 13.6. The quantitative estimate of drug-likeness (QED) is 0.125. The number of nitrogens with one attached hydrogen (secondary N) is 2. The third-order valence-electron chi connectivity index (χ3n) is 6.59. The van der Waals surface area contributed by atoms with Crippen molar-refractivity contribution in [3.8, 4) is 11.4 Å². The van der Waals surface area contributed by atoms with Crippen molar-refractivity contribution in [2.75, 3.05) is 22.1 Å². The number of hydrogen-bond donors (Lipinski definition) is 2. The molecule has 2 aromatic heterocycles. The lowest BCUT2D eigenvalue weighted by Crippen LogP contribution is -2.14. The molecule has 0 bridgehead atoms. The molecule has 9 nitrogen and oxygen atoms in total. The molecule has 4 aromatic carbocycles. The fourth-order valence-corrected chi connectivity index (χ4v) is 7.21. The molecule has 0 radical (unpaired) electrons. The lowest BCUT2D eigenvalue weighted by atomic mass is 10.2. The van der Waals surface area contributed by atoms with E-state index in [1.54, 1.807) is 6.07 Å². The average molecular weight is 687 g/mol. The summed E-state index contributed by atoms with van der Waals surface area (Å²) in [4.78, 5) is 30.1. The van der Waals surface area contributed by atoms with Gasteiger partial charge in [0.25, 0.3) is 0 Å². The van der Waals surface area contributed by atoms with E-state index in [0.29, 0.717) is 27.4 Å². The van der Waals surface area contributed by atoms with E-state index in [9.17, 15) is 9.59 Å². The van der Waals surface area contributed by atoms with Gasteiger partial charge in [0, 0.05) is 22.1 Å². The first-order chi connectivity index (χ1) is 22.4. The third-order valence-corrected chi connectivity index (χ3v) is 10.1. The van der Waals surface area contributed by atoms with Crippen molar-refractivity contribution in [1.29, 1.82) is 0 Å². The summed E-state index contributed by atoms with van der Waals surface area (Å²) in [5.41, 5.74) is 3.94. The van der Waals surface area contributed by atoms with Gasteiger partial charge >= 0.3 is 0 Å². The molecule has 2 amide bonds. The number of benzene rings is 4. The largest absolute Gasteiger partial charge is 0.486 e. The van der Waals surface area contributed by atoms with E-state index in [1.165, 1.54) is 34.9 Å². The molecule has 6 rings (SSSR count). The summed E-state index contributed by atoms with van der Waals surface area (Å²) >= 11 is 10.3. The Kier molecular flexibility index (Phi) is 10.2. The standard InChI is InChI=1S/C33H27ClN6O3S3/c1-21-12-13-22(16-26(21)34)35-31(42)20-45-33-37-27-15-14-23(17-28(27)46-33)36-30(41)19-44-32-39-38-29(18-43-25-10-6-3-7-11-25)40(32)24-8-4-2-5-9-24/h2-17H,18-20H2,1H3,(H,35,42)(H,36,41). The van der Waals surface area contributed by atoms with Gasteiger partial charge in [-0.1, -0.05) is 77.6 Å². The van der Waals surface area contributed by atoms with Crippen molar-refractivity contribution in [1.82, 2.24) is 19.7 Å². The lowest BCUT2D eigenvalue weighted by molar-refractivity contribution is -0.114. The zero-order chi connectivity index (χ0) is 31.9. The van der Waals surface area contributed by atoms with Crippen LogP contribution in [-0.2, 0) is 16.2 Å². The van der Waals surface area contributed by atoms with Crippen molar-refractivity contribution in [3.63, 3.8) is 0 Å². The number of carbonyl (C=O) groups excluding carboxylic acids is 2. The Morgan fingerprint density at radius 3 is 2.26 bits per heavy atom. The van der Waals surface area contributed by atoms with Gasteiger partial charge in [-0.15, -0.1) is 21.5 Å². The van der Waals surface area contributed by atoms with Gasteiger partial charge < -0.3 is 15.4 Å². The zero-order valence-corrected chi connectivity index (χ0v) is 27.7. The zero-order valence-electron chi connectivity index (χ0n) is 24.5. The number of aryl methyl sites for hydroxylation is 1. The van der Waals surface area contributed by atoms with E-state index >= 15 is 0 Å². The summed E-state index contributed by atoms with van der Waals surface area (Å²) in [6.07, 6.45) is 0. The van der Waals surface area contributed by atoms with Crippen molar-refractivity contribution < 1.29 is 14.3 Å². The van der Waals surface area contributed by atoms with Gasteiger partial charge in [-0.25, -0.2) is 4.98 Å². The third kappa shape index (κ3) is 8.07. The molecular weight excluding hydrogens is 660 g/mol. The topological polar surface area (TPSA) is 111 Å². The maximum absolute atomic E-state index is 13.0. The van der Waals surface area contributed by atoms with Crippen molar-refractivity contribution in [2.45, 2.75) is 23.0 Å². The highest BCUT2D eigenvalue weighted by Gasteiger charge is 2.17. The summed E-state index contributed by atoms with van der Waals surface area (Å²) in [5, 5.41) is 15.7. The Balaban J connectivity index is 1.06. The number of halogens is 1. The predicted molar refractivity (Wildman–Crippen MR) is 187 cm³/mol. The Morgan fingerprint density at radius 1 is 0.848 bits per heavy atom. The Labute approximate surface area is 282 Å². The van der Waals surface area contributed by atoms with Crippen LogP contribution in [0.5, 0.6) is 5.75 Å². The van der Waals surface area contributed by atoms with Gasteiger partial charge in [-0.3, -0.25) is 14.2 Å². The number of para-hydroxylation sites is 2. The first-order valence-corrected chi connectivity index (χ1v) is 17.3. The van der Waals surface area contributed by atoms with Crippen LogP contribution in [0.15, 0.2) is 107 Å². The van der Waals surface area contributed by atoms with Crippen molar-refractivity contribution in [2.24, 2.45) is 0 Å². The van der Waals surface area contributed by atoms with Gasteiger partial charge in [0.05, 0.1) is 21.7 Å². The molecule has 0 fully saturated rings. The van der Waals surface area contributed by atoms with Crippen LogP contribution in [0.3, 0.4) is 0 Å². The number of ether oxygens (including phenoxy) is 1. The Morgan fingerprint density at radius 2 is 1.52 bits per heavy atom. The molecule has 0 aliphatic rings. The van der Waals surface area contributed by atoms with E-state index in [1.807, 2.05) is 102 Å². The monoisotopic (exact) mass is 686 g/mol. The highest BCUT2D eigenvalue weighted by atomic mass is 35.5. The normalized spacial score (nSPS) is 11.0. The van der Waals surface area contributed by atoms with Crippen LogP contribution in [0.25, 0.3) is 15.9 Å². The number of aromatic nitrogens is 4. The van der Waals surface area contributed by atoms with Crippen LogP contribution in [0.2, 0.25) is 5.02 Å². The first kappa shape index (κ1) is 31.6. The van der Waals surface area contributed by atoms with Crippen LogP contribution in [0.4, 0.5) is 11.4 Å². The minimum atomic E-state index is -0.180. The smallest absolute Gasteiger partial charge is 0.234 e. The lowest BCUT2D eigenvalue weighted by Gasteiger charge is -2.11. The molecule has 13 heteroatoms. The molecule has 0 atom stereocenters. The van der Waals surface area contributed by atoms with E-state index < -0.39 is 0 Å². The number of thioether (sulfide) groups is 2. The molecule has 2 N–H and O–H groups in total. The summed E-state index contributed by atoms with van der Waals surface area (Å²) in [5.74, 6) is 1.37. The number of carbonyl (C=O) groups is 2. The maximum Gasteiger partial charge on any atom is 0.234 e. The van der Waals surface area contributed by atoms with Crippen LogP contribution in [0.1, 0.15) is 11.4 Å². The molecule has 0 unspecified atom stereocenters. The summed E-state index contributed by atoms with van der Waals surface area (Å²) in [7, 11) is 0. The Bertz CT molecular complexity index is 1990. The minimum absolute atomic E-state index is 0.133. The molecule has 2 heterocycles. The van der Waals surface area contributed by atoms with E-state index in [-0.39, 0.29) is 29.9 Å². The van der Waals surface area contributed by atoms with Crippen LogP contribution in [0, 0.1) is 6.92 Å². The van der Waals surface area contributed by atoms with E-state index in [4.69, 9.17) is 16.3 Å². The number of amides is 2. The number of anilines is 2. The van der Waals surface area contributed by atoms with Crippen LogP contribution < -0.4 is 15.4 Å². The fraction of sp³-hybridized carbons (Fsp3) is 0.121. The second kappa shape index (κ2) is 14.8. The van der Waals surface area contributed by atoms with Gasteiger partial charge in [0.1, 0.15) is 12.4 Å². The highest BCUT2D eigenvalue weighted by molar-refractivity contribution is 8.01. The predicted octanol–water partition coefficient (Wildman–Crippen LogP) is 7.88. The molecule has 232 valence electrons. The van der Waals surface area contributed by atoms with Gasteiger partial charge in [0.15, 0.2) is 15.3 Å². The van der Waals surface area contributed by atoms with Gasteiger partial charge in [-0.2, -0.15) is 0 Å². The number of thiazole rings is 1. The number of rotatable bonds is 12. The summed E-state index contributed by atoms with van der Waals surface area (Å²) in [6, 6.07) is 30.2. The van der Waals surface area contributed by atoms with Crippen LogP contribution in [-0.4, -0.2) is 43.1 Å². The summed E-state index contributed by atoms with van der Waals surface area (Å²) < 4.78 is 9.50. The molecule has 6 aromatic rings. The molecule has 0 spiro atoms. The molecule has 46 heavy (non-hydrogen) atoms. The molecule has 0 saturated carbocycles. The summed E-state index contributed by atoms with van der Waals surface area (Å²) in [6.45, 7) is 2.13.